The molecule has 0 radical (unpaired) electrons. The molecule has 1 aromatic rings. The van der Waals surface area contributed by atoms with E-state index in [-0.39, 0.29) is 24.4 Å². The third-order valence-corrected chi connectivity index (χ3v) is 4.39. The van der Waals surface area contributed by atoms with E-state index in [0.29, 0.717) is 13.0 Å². The monoisotopic (exact) mass is 286 g/mol. The average Bonchev–Trinajstić information content (AvgIpc) is 2.91. The summed E-state index contributed by atoms with van der Waals surface area (Å²) in [5.74, 6) is 0.00570. The van der Waals surface area contributed by atoms with Gasteiger partial charge in [-0.1, -0.05) is 31.5 Å². The summed E-state index contributed by atoms with van der Waals surface area (Å²) in [6.45, 7) is 2.74. The fourth-order valence-corrected chi connectivity index (χ4v) is 3.34. The molecule has 112 valence electrons. The summed E-state index contributed by atoms with van der Waals surface area (Å²) < 4.78 is 0. The van der Waals surface area contributed by atoms with Gasteiger partial charge in [-0.05, 0) is 42.4 Å². The van der Waals surface area contributed by atoms with Crippen LogP contribution in [0.1, 0.15) is 42.9 Å². The zero-order chi connectivity index (χ0) is 14.8. The molecule has 2 aliphatic rings. The van der Waals surface area contributed by atoms with Gasteiger partial charge in [0.2, 0.25) is 11.8 Å². The Balaban J connectivity index is 1.73. The predicted molar refractivity (Wildman–Crippen MR) is 80.7 cm³/mol. The molecule has 0 aromatic heterocycles. The number of fused-ring (bicyclic) bond motifs is 1. The molecule has 1 heterocycles. The second-order valence-electron chi connectivity index (χ2n) is 6.06. The van der Waals surface area contributed by atoms with Gasteiger partial charge in [-0.15, -0.1) is 0 Å². The Bertz CT molecular complexity index is 568. The number of nitrogens with one attached hydrogen (secondary N) is 1. The summed E-state index contributed by atoms with van der Waals surface area (Å²) >= 11 is 0. The standard InChI is InChI=1S/C17H22N2O2/c1-2-4-15-17(21)19(11-16(20)18-15)10-12-7-8-13-5-3-6-14(13)9-12/h7-9,15H,2-6,10-11H2,1H3,(H,18,20). The summed E-state index contributed by atoms with van der Waals surface area (Å²) in [6, 6.07) is 6.14. The van der Waals surface area contributed by atoms with Crippen molar-refractivity contribution in [3.05, 3.63) is 34.9 Å². The van der Waals surface area contributed by atoms with Crippen molar-refractivity contribution < 1.29 is 9.59 Å². The fourth-order valence-electron chi connectivity index (χ4n) is 3.34. The molecular weight excluding hydrogens is 264 g/mol. The van der Waals surface area contributed by atoms with Crippen LogP contribution in [0, 0.1) is 0 Å². The van der Waals surface area contributed by atoms with E-state index < -0.39 is 0 Å². The highest BCUT2D eigenvalue weighted by Crippen LogP contribution is 2.23. The molecule has 1 fully saturated rings. The number of rotatable bonds is 4. The number of nitrogens with zero attached hydrogens (tertiary/aromatic N) is 1. The Kier molecular flexibility index (Phi) is 3.95. The van der Waals surface area contributed by atoms with E-state index in [1.54, 1.807) is 4.90 Å². The van der Waals surface area contributed by atoms with Crippen LogP contribution < -0.4 is 5.32 Å². The molecule has 1 saturated heterocycles. The molecule has 1 atom stereocenters. The van der Waals surface area contributed by atoms with E-state index in [1.807, 2.05) is 6.92 Å². The molecular formula is C17H22N2O2. The molecule has 1 aliphatic heterocycles. The van der Waals surface area contributed by atoms with Gasteiger partial charge in [0.1, 0.15) is 6.04 Å². The molecule has 1 unspecified atom stereocenters. The summed E-state index contributed by atoms with van der Waals surface area (Å²) in [5.41, 5.74) is 3.98. The van der Waals surface area contributed by atoms with Crippen molar-refractivity contribution in [1.82, 2.24) is 10.2 Å². The Labute approximate surface area is 125 Å². The highest BCUT2D eigenvalue weighted by molar-refractivity contribution is 5.94. The van der Waals surface area contributed by atoms with Gasteiger partial charge in [-0.3, -0.25) is 9.59 Å². The molecule has 0 spiro atoms. The number of benzene rings is 1. The number of piperazine rings is 1. The van der Waals surface area contributed by atoms with Crippen molar-refractivity contribution >= 4 is 11.8 Å². The third-order valence-electron chi connectivity index (χ3n) is 4.39. The first-order chi connectivity index (χ1) is 10.2. The van der Waals surface area contributed by atoms with Crippen LogP contribution >= 0.6 is 0 Å². The number of amides is 2. The van der Waals surface area contributed by atoms with E-state index >= 15 is 0 Å². The number of hydrogen-bond donors (Lipinski definition) is 1. The van der Waals surface area contributed by atoms with Crippen molar-refractivity contribution in [2.75, 3.05) is 6.54 Å². The van der Waals surface area contributed by atoms with Gasteiger partial charge in [-0.2, -0.15) is 0 Å². The van der Waals surface area contributed by atoms with E-state index in [2.05, 4.69) is 23.5 Å². The van der Waals surface area contributed by atoms with E-state index in [4.69, 9.17) is 0 Å². The van der Waals surface area contributed by atoms with Crippen molar-refractivity contribution in [1.29, 1.82) is 0 Å². The molecule has 2 amide bonds. The van der Waals surface area contributed by atoms with E-state index in [0.717, 1.165) is 18.4 Å². The van der Waals surface area contributed by atoms with Crippen LogP contribution in [-0.2, 0) is 29.0 Å². The summed E-state index contributed by atoms with van der Waals surface area (Å²) in [5, 5.41) is 2.79. The Hall–Kier alpha value is -1.84. The van der Waals surface area contributed by atoms with Crippen LogP contribution in [-0.4, -0.2) is 29.3 Å². The smallest absolute Gasteiger partial charge is 0.245 e. The van der Waals surface area contributed by atoms with Gasteiger partial charge in [0.25, 0.3) is 0 Å². The fraction of sp³-hybridized carbons (Fsp3) is 0.529. The predicted octanol–water partition coefficient (Wildman–Crippen LogP) is 1.80. The first kappa shape index (κ1) is 14.1. The zero-order valence-corrected chi connectivity index (χ0v) is 12.5. The maximum absolute atomic E-state index is 12.4. The van der Waals surface area contributed by atoms with Gasteiger partial charge >= 0.3 is 0 Å². The Morgan fingerprint density at radius 1 is 1.24 bits per heavy atom. The minimum Gasteiger partial charge on any atom is -0.343 e. The molecule has 4 nitrogen and oxygen atoms in total. The van der Waals surface area contributed by atoms with Crippen molar-refractivity contribution in [2.24, 2.45) is 0 Å². The highest BCUT2D eigenvalue weighted by atomic mass is 16.2. The lowest BCUT2D eigenvalue weighted by Gasteiger charge is -2.32. The second-order valence-corrected chi connectivity index (χ2v) is 6.06. The topological polar surface area (TPSA) is 49.4 Å². The average molecular weight is 286 g/mol. The first-order valence-electron chi connectivity index (χ1n) is 7.86. The number of carbonyl (C=O) groups is 2. The minimum absolute atomic E-state index is 0.0470. The summed E-state index contributed by atoms with van der Waals surface area (Å²) in [4.78, 5) is 25.9. The van der Waals surface area contributed by atoms with Crippen molar-refractivity contribution in [3.8, 4) is 0 Å². The van der Waals surface area contributed by atoms with Crippen LogP contribution in [0.25, 0.3) is 0 Å². The van der Waals surface area contributed by atoms with Gasteiger partial charge < -0.3 is 10.2 Å². The van der Waals surface area contributed by atoms with Crippen LogP contribution in [0.15, 0.2) is 18.2 Å². The molecule has 1 aromatic carbocycles. The van der Waals surface area contributed by atoms with Gasteiger partial charge in [0.15, 0.2) is 0 Å². The lowest BCUT2D eigenvalue weighted by atomic mass is 10.0. The van der Waals surface area contributed by atoms with E-state index in [9.17, 15) is 9.59 Å². The van der Waals surface area contributed by atoms with Crippen molar-refractivity contribution in [3.63, 3.8) is 0 Å². The molecule has 0 saturated carbocycles. The highest BCUT2D eigenvalue weighted by Gasteiger charge is 2.31. The Morgan fingerprint density at radius 2 is 2.05 bits per heavy atom. The maximum atomic E-state index is 12.4. The zero-order valence-electron chi connectivity index (χ0n) is 12.5. The summed E-state index contributed by atoms with van der Waals surface area (Å²) in [7, 11) is 0. The second kappa shape index (κ2) is 5.88. The molecule has 1 aliphatic carbocycles. The van der Waals surface area contributed by atoms with Crippen LogP contribution in [0.5, 0.6) is 0 Å². The number of carbonyl (C=O) groups excluding carboxylic acids is 2. The van der Waals surface area contributed by atoms with Gasteiger partial charge in [0.05, 0.1) is 6.54 Å². The SMILES string of the molecule is CCCC1NC(=O)CN(Cc2ccc3c(c2)CCC3)C1=O. The number of aryl methyl sites for hydroxylation is 2. The van der Waals surface area contributed by atoms with E-state index in [1.165, 1.54) is 24.0 Å². The normalized spacial score (nSPS) is 21.4. The maximum Gasteiger partial charge on any atom is 0.245 e. The molecule has 21 heavy (non-hydrogen) atoms. The largest absolute Gasteiger partial charge is 0.343 e. The lowest BCUT2D eigenvalue weighted by Crippen LogP contribution is -2.57. The van der Waals surface area contributed by atoms with Gasteiger partial charge in [0, 0.05) is 6.54 Å². The number of hydrogen-bond acceptors (Lipinski definition) is 2. The van der Waals surface area contributed by atoms with Crippen LogP contribution in [0.3, 0.4) is 0 Å². The first-order valence-corrected chi connectivity index (χ1v) is 7.86. The van der Waals surface area contributed by atoms with Crippen molar-refractivity contribution in [2.45, 2.75) is 51.6 Å². The lowest BCUT2D eigenvalue weighted by molar-refractivity contribution is -0.145. The molecule has 0 bridgehead atoms. The van der Waals surface area contributed by atoms with Crippen LogP contribution in [0.4, 0.5) is 0 Å². The molecule has 3 rings (SSSR count). The quantitative estimate of drug-likeness (QED) is 0.917. The minimum atomic E-state index is -0.342. The Morgan fingerprint density at radius 3 is 2.86 bits per heavy atom. The van der Waals surface area contributed by atoms with Gasteiger partial charge in [-0.25, -0.2) is 0 Å². The van der Waals surface area contributed by atoms with Crippen LogP contribution in [0.2, 0.25) is 0 Å². The molecule has 4 heteroatoms. The third kappa shape index (κ3) is 2.94. The molecule has 1 N–H and O–H groups in total. The summed E-state index contributed by atoms with van der Waals surface area (Å²) in [6.07, 6.45) is 5.13.